The number of hydrogen-bond donors (Lipinski definition) is 1. The Kier molecular flexibility index (Phi) is 6.10. The van der Waals surface area contributed by atoms with Crippen molar-refractivity contribution in [1.82, 2.24) is 4.31 Å². The average Bonchev–Trinajstić information content (AvgIpc) is 3.02. The fourth-order valence-corrected chi connectivity index (χ4v) is 3.91. The molecule has 1 aromatic carbocycles. The molecule has 0 saturated heterocycles. The van der Waals surface area contributed by atoms with Gasteiger partial charge in [-0.1, -0.05) is 13.8 Å². The number of nitrogens with one attached hydrogen (secondary N) is 1. The molecule has 0 aliphatic heterocycles. The van der Waals surface area contributed by atoms with E-state index >= 15 is 0 Å². The summed E-state index contributed by atoms with van der Waals surface area (Å²) in [6.07, 6.45) is 0. The van der Waals surface area contributed by atoms with Gasteiger partial charge in [0.25, 0.3) is 5.91 Å². The van der Waals surface area contributed by atoms with E-state index in [0.29, 0.717) is 18.8 Å². The van der Waals surface area contributed by atoms with Crippen LogP contribution in [0.15, 0.2) is 39.6 Å². The monoisotopic (exact) mass is 386 g/mol. The third kappa shape index (κ3) is 4.15. The number of methoxy groups -OCH3 is 1. The summed E-state index contributed by atoms with van der Waals surface area (Å²) in [5.41, 5.74) is 0.216. The van der Waals surface area contributed by atoms with Gasteiger partial charge in [0.15, 0.2) is 11.0 Å². The quantitative estimate of drug-likeness (QED) is 0.789. The second-order valence-corrected chi connectivity index (χ2v) is 7.32. The number of halogens is 1. The van der Waals surface area contributed by atoms with Gasteiger partial charge in [-0.2, -0.15) is 4.31 Å². The molecule has 0 aliphatic rings. The maximum atomic E-state index is 12.6. The van der Waals surface area contributed by atoms with Crippen molar-refractivity contribution in [3.63, 3.8) is 0 Å². The standard InChI is InChI=1S/C16H19ClN2O5S/c1-4-19(5-2)25(21,22)11-6-7-13(23-3)12(10-11)18-16(20)14-8-9-15(17)24-14/h6-10H,4-5H2,1-3H3,(H,18,20). The molecule has 136 valence electrons. The number of carbonyl (C=O) groups is 1. The minimum atomic E-state index is -3.66. The van der Waals surface area contributed by atoms with Gasteiger partial charge in [-0.15, -0.1) is 0 Å². The van der Waals surface area contributed by atoms with Crippen molar-refractivity contribution in [1.29, 1.82) is 0 Å². The number of furan rings is 1. The maximum absolute atomic E-state index is 12.6. The molecule has 1 N–H and O–H groups in total. The van der Waals surface area contributed by atoms with Crippen molar-refractivity contribution in [3.8, 4) is 5.75 Å². The lowest BCUT2D eigenvalue weighted by Crippen LogP contribution is -2.30. The first-order valence-electron chi connectivity index (χ1n) is 7.58. The molecule has 1 heterocycles. The van der Waals surface area contributed by atoms with E-state index in [9.17, 15) is 13.2 Å². The molecule has 7 nitrogen and oxygen atoms in total. The van der Waals surface area contributed by atoms with Gasteiger partial charge in [0.2, 0.25) is 10.0 Å². The molecule has 0 radical (unpaired) electrons. The van der Waals surface area contributed by atoms with Gasteiger partial charge < -0.3 is 14.5 Å². The first-order chi connectivity index (χ1) is 11.8. The highest BCUT2D eigenvalue weighted by Crippen LogP contribution is 2.29. The second kappa shape index (κ2) is 7.90. The molecule has 25 heavy (non-hydrogen) atoms. The minimum Gasteiger partial charge on any atom is -0.495 e. The summed E-state index contributed by atoms with van der Waals surface area (Å²) < 4.78 is 36.8. The van der Waals surface area contributed by atoms with Crippen LogP contribution in [0.2, 0.25) is 5.22 Å². The van der Waals surface area contributed by atoms with Gasteiger partial charge in [0, 0.05) is 13.1 Å². The number of benzene rings is 1. The highest BCUT2D eigenvalue weighted by molar-refractivity contribution is 7.89. The third-order valence-corrected chi connectivity index (χ3v) is 5.81. The summed E-state index contributed by atoms with van der Waals surface area (Å²) in [6, 6.07) is 7.14. The van der Waals surface area contributed by atoms with Crippen molar-refractivity contribution in [2.24, 2.45) is 0 Å². The van der Waals surface area contributed by atoms with Crippen molar-refractivity contribution < 1.29 is 22.4 Å². The number of sulfonamides is 1. The molecule has 0 aliphatic carbocycles. The maximum Gasteiger partial charge on any atom is 0.291 e. The first-order valence-corrected chi connectivity index (χ1v) is 9.40. The van der Waals surface area contributed by atoms with Gasteiger partial charge in [0.1, 0.15) is 5.75 Å². The lowest BCUT2D eigenvalue weighted by Gasteiger charge is -2.19. The SMILES string of the molecule is CCN(CC)S(=O)(=O)c1ccc(OC)c(NC(=O)c2ccc(Cl)o2)c1. The number of amides is 1. The molecule has 1 aromatic heterocycles. The molecule has 9 heteroatoms. The Hall–Kier alpha value is -2.03. The molecular formula is C16H19ClN2O5S. The minimum absolute atomic E-state index is 0.00376. The molecule has 1 amide bonds. The van der Waals surface area contributed by atoms with Gasteiger partial charge >= 0.3 is 0 Å². The number of rotatable bonds is 7. The summed E-state index contributed by atoms with van der Waals surface area (Å²) in [4.78, 5) is 12.3. The zero-order valence-electron chi connectivity index (χ0n) is 14.1. The fraction of sp³-hybridized carbons (Fsp3) is 0.312. The lowest BCUT2D eigenvalue weighted by atomic mass is 10.3. The number of hydrogen-bond acceptors (Lipinski definition) is 5. The number of anilines is 1. The predicted molar refractivity (Wildman–Crippen MR) is 94.8 cm³/mol. The summed E-state index contributed by atoms with van der Waals surface area (Å²) >= 11 is 5.66. The van der Waals surface area contributed by atoms with E-state index in [4.69, 9.17) is 20.8 Å². The molecule has 2 aromatic rings. The highest BCUT2D eigenvalue weighted by atomic mass is 35.5. The van der Waals surface area contributed by atoms with E-state index in [1.807, 2.05) is 0 Å². The second-order valence-electron chi connectivity index (χ2n) is 5.01. The van der Waals surface area contributed by atoms with E-state index < -0.39 is 15.9 Å². The van der Waals surface area contributed by atoms with Crippen LogP contribution in [0.4, 0.5) is 5.69 Å². The van der Waals surface area contributed by atoms with Gasteiger partial charge in [-0.25, -0.2) is 8.42 Å². The zero-order valence-corrected chi connectivity index (χ0v) is 15.6. The Morgan fingerprint density at radius 1 is 1.24 bits per heavy atom. The Balaban J connectivity index is 2.39. The molecule has 0 bridgehead atoms. The van der Waals surface area contributed by atoms with Gasteiger partial charge in [0.05, 0.1) is 17.7 Å². The van der Waals surface area contributed by atoms with Crippen LogP contribution in [-0.2, 0) is 10.0 Å². The molecule has 0 atom stereocenters. The number of ether oxygens (including phenoxy) is 1. The Labute approximate surface area is 151 Å². The van der Waals surface area contributed by atoms with E-state index in [2.05, 4.69) is 5.32 Å². The Morgan fingerprint density at radius 2 is 1.92 bits per heavy atom. The highest BCUT2D eigenvalue weighted by Gasteiger charge is 2.23. The average molecular weight is 387 g/mol. The van der Waals surface area contributed by atoms with Crippen LogP contribution in [0.1, 0.15) is 24.4 Å². The van der Waals surface area contributed by atoms with Crippen molar-refractivity contribution >= 4 is 33.2 Å². The van der Waals surface area contributed by atoms with Crippen LogP contribution in [0.25, 0.3) is 0 Å². The molecule has 0 unspecified atom stereocenters. The zero-order chi connectivity index (χ0) is 18.6. The summed E-state index contributed by atoms with van der Waals surface area (Å²) in [6.45, 7) is 4.21. The normalized spacial score (nSPS) is 11.6. The van der Waals surface area contributed by atoms with Crippen LogP contribution in [0.5, 0.6) is 5.75 Å². The largest absolute Gasteiger partial charge is 0.495 e. The van der Waals surface area contributed by atoms with Gasteiger partial charge in [-0.05, 0) is 41.9 Å². The summed E-state index contributed by atoms with van der Waals surface area (Å²) in [5.74, 6) is -0.240. The smallest absolute Gasteiger partial charge is 0.291 e. The van der Waals surface area contributed by atoms with E-state index in [1.165, 1.54) is 41.7 Å². The first kappa shape index (κ1) is 19.3. The predicted octanol–water partition coefficient (Wildman–Crippen LogP) is 3.22. The van der Waals surface area contributed by atoms with Crippen molar-refractivity contribution in [2.45, 2.75) is 18.7 Å². The van der Waals surface area contributed by atoms with Gasteiger partial charge in [-0.3, -0.25) is 4.79 Å². The van der Waals surface area contributed by atoms with Crippen LogP contribution in [0.3, 0.4) is 0 Å². The van der Waals surface area contributed by atoms with Crippen LogP contribution in [0, 0.1) is 0 Å². The molecular weight excluding hydrogens is 368 g/mol. The Morgan fingerprint density at radius 3 is 2.44 bits per heavy atom. The van der Waals surface area contributed by atoms with Crippen LogP contribution < -0.4 is 10.1 Å². The van der Waals surface area contributed by atoms with E-state index in [1.54, 1.807) is 13.8 Å². The van der Waals surface area contributed by atoms with E-state index in [-0.39, 0.29) is 21.6 Å². The Bertz CT molecular complexity index is 859. The molecule has 2 rings (SSSR count). The van der Waals surface area contributed by atoms with E-state index in [0.717, 1.165) is 0 Å². The number of nitrogens with zero attached hydrogens (tertiary/aromatic N) is 1. The van der Waals surface area contributed by atoms with Crippen LogP contribution in [-0.4, -0.2) is 38.8 Å². The fourth-order valence-electron chi connectivity index (χ4n) is 2.28. The topological polar surface area (TPSA) is 88.9 Å². The lowest BCUT2D eigenvalue weighted by molar-refractivity contribution is 0.0996. The number of carbonyl (C=O) groups excluding carboxylic acids is 1. The molecule has 0 saturated carbocycles. The summed E-state index contributed by atoms with van der Waals surface area (Å²) in [7, 11) is -2.24. The third-order valence-electron chi connectivity index (χ3n) is 3.56. The molecule has 0 spiro atoms. The van der Waals surface area contributed by atoms with Crippen molar-refractivity contribution in [2.75, 3.05) is 25.5 Å². The summed E-state index contributed by atoms with van der Waals surface area (Å²) in [5, 5.41) is 2.66. The molecule has 0 fully saturated rings. The van der Waals surface area contributed by atoms with Crippen molar-refractivity contribution in [3.05, 3.63) is 41.3 Å². The van der Waals surface area contributed by atoms with Crippen LogP contribution >= 0.6 is 11.6 Å².